The number of thiocarbonyl (C=S) groups is 1. The summed E-state index contributed by atoms with van der Waals surface area (Å²) < 4.78 is 10.6. The maximum atomic E-state index is 12.2. The van der Waals surface area contributed by atoms with Crippen molar-refractivity contribution in [2.24, 2.45) is 5.73 Å². The standard InChI is InChI=1S/C22H25N3O5S/c1-13-11-16(29-12-18(26)30-22(2,3)4)9-10-17(13)24-21(28)25-20(27)15-7-5-14(6-8-15)19(23)31/h5-11H,12H2,1-4H3,(H2,23,31)(H2,24,25,27,28). The van der Waals surface area contributed by atoms with Crippen molar-refractivity contribution in [3.8, 4) is 5.75 Å². The van der Waals surface area contributed by atoms with Gasteiger partial charge in [0.25, 0.3) is 5.91 Å². The van der Waals surface area contributed by atoms with Crippen LogP contribution in [0.3, 0.4) is 0 Å². The summed E-state index contributed by atoms with van der Waals surface area (Å²) in [6.07, 6.45) is 0. The molecule has 0 aromatic heterocycles. The van der Waals surface area contributed by atoms with Crippen LogP contribution in [-0.2, 0) is 9.53 Å². The minimum Gasteiger partial charge on any atom is -0.482 e. The van der Waals surface area contributed by atoms with Gasteiger partial charge in [-0.1, -0.05) is 24.4 Å². The number of esters is 1. The molecule has 0 radical (unpaired) electrons. The normalized spacial score (nSPS) is 10.7. The number of carbonyl (C=O) groups excluding carboxylic acids is 3. The monoisotopic (exact) mass is 443 g/mol. The molecule has 0 aliphatic rings. The molecular weight excluding hydrogens is 418 g/mol. The Labute approximate surface area is 186 Å². The lowest BCUT2D eigenvalue weighted by molar-refractivity contribution is -0.157. The highest BCUT2D eigenvalue weighted by atomic mass is 32.1. The Morgan fingerprint density at radius 3 is 2.19 bits per heavy atom. The molecule has 0 atom stereocenters. The first-order valence-electron chi connectivity index (χ1n) is 9.42. The first-order chi connectivity index (χ1) is 14.4. The van der Waals surface area contributed by atoms with E-state index >= 15 is 0 Å². The molecule has 0 spiro atoms. The third-order valence-electron chi connectivity index (χ3n) is 3.88. The molecule has 164 valence electrons. The summed E-state index contributed by atoms with van der Waals surface area (Å²) in [4.78, 5) is 36.4. The van der Waals surface area contributed by atoms with Crippen molar-refractivity contribution in [3.63, 3.8) is 0 Å². The lowest BCUT2D eigenvalue weighted by Gasteiger charge is -2.19. The number of urea groups is 1. The Balaban J connectivity index is 1.92. The van der Waals surface area contributed by atoms with Gasteiger partial charge in [-0.25, -0.2) is 9.59 Å². The fraction of sp³-hybridized carbons (Fsp3) is 0.273. The van der Waals surface area contributed by atoms with Crippen LogP contribution in [0.4, 0.5) is 10.5 Å². The zero-order valence-corrected chi connectivity index (χ0v) is 18.6. The highest BCUT2D eigenvalue weighted by Gasteiger charge is 2.17. The van der Waals surface area contributed by atoms with E-state index in [2.05, 4.69) is 10.6 Å². The van der Waals surface area contributed by atoms with Crippen molar-refractivity contribution in [2.75, 3.05) is 11.9 Å². The number of carbonyl (C=O) groups is 3. The average Bonchev–Trinajstić information content (AvgIpc) is 2.67. The summed E-state index contributed by atoms with van der Waals surface area (Å²) in [6, 6.07) is 10.5. The van der Waals surface area contributed by atoms with Crippen LogP contribution in [-0.4, -0.2) is 35.1 Å². The van der Waals surface area contributed by atoms with Crippen LogP contribution in [0.1, 0.15) is 42.3 Å². The smallest absolute Gasteiger partial charge is 0.344 e. The number of nitrogens with two attached hydrogens (primary N) is 1. The number of amides is 3. The molecule has 0 unspecified atom stereocenters. The zero-order chi connectivity index (χ0) is 23.2. The minimum absolute atomic E-state index is 0.221. The average molecular weight is 444 g/mol. The van der Waals surface area contributed by atoms with Gasteiger partial charge in [0.2, 0.25) is 0 Å². The molecule has 2 rings (SSSR count). The minimum atomic E-state index is -0.686. The van der Waals surface area contributed by atoms with Crippen molar-refractivity contribution >= 4 is 40.8 Å². The molecule has 0 aliphatic heterocycles. The Bertz CT molecular complexity index is 997. The number of benzene rings is 2. The summed E-state index contributed by atoms with van der Waals surface area (Å²) in [6.45, 7) is 6.85. The maximum Gasteiger partial charge on any atom is 0.344 e. The van der Waals surface area contributed by atoms with Gasteiger partial charge in [0.05, 0.1) is 0 Å². The maximum absolute atomic E-state index is 12.2. The Morgan fingerprint density at radius 1 is 1.03 bits per heavy atom. The van der Waals surface area contributed by atoms with E-state index in [1.807, 2.05) is 0 Å². The van der Waals surface area contributed by atoms with Crippen LogP contribution >= 0.6 is 12.2 Å². The third kappa shape index (κ3) is 7.71. The molecule has 9 heteroatoms. The van der Waals surface area contributed by atoms with Gasteiger partial charge in [-0.15, -0.1) is 0 Å². The second-order valence-electron chi connectivity index (χ2n) is 7.70. The van der Waals surface area contributed by atoms with Crippen molar-refractivity contribution in [2.45, 2.75) is 33.3 Å². The van der Waals surface area contributed by atoms with Gasteiger partial charge in [-0.05, 0) is 63.6 Å². The summed E-state index contributed by atoms with van der Waals surface area (Å²) in [5, 5.41) is 4.86. The van der Waals surface area contributed by atoms with Crippen molar-refractivity contribution in [1.82, 2.24) is 5.32 Å². The van der Waals surface area contributed by atoms with Gasteiger partial charge in [0.15, 0.2) is 6.61 Å². The summed E-state index contributed by atoms with van der Waals surface area (Å²) in [5.41, 5.74) is 7.02. The predicted molar refractivity (Wildman–Crippen MR) is 121 cm³/mol. The van der Waals surface area contributed by atoms with E-state index in [1.54, 1.807) is 58.0 Å². The topological polar surface area (TPSA) is 120 Å². The molecule has 0 bridgehead atoms. The second kappa shape index (κ2) is 10.0. The number of anilines is 1. The summed E-state index contributed by atoms with van der Waals surface area (Å²) >= 11 is 4.87. The molecule has 4 N–H and O–H groups in total. The highest BCUT2D eigenvalue weighted by molar-refractivity contribution is 7.80. The van der Waals surface area contributed by atoms with Crippen LogP contribution in [0, 0.1) is 6.92 Å². The molecule has 2 aromatic carbocycles. The van der Waals surface area contributed by atoms with E-state index in [0.29, 0.717) is 22.6 Å². The van der Waals surface area contributed by atoms with Gasteiger partial charge in [-0.2, -0.15) is 0 Å². The van der Waals surface area contributed by atoms with Gasteiger partial charge in [-0.3, -0.25) is 10.1 Å². The summed E-state index contributed by atoms with van der Waals surface area (Å²) in [7, 11) is 0. The Hall–Kier alpha value is -3.46. The van der Waals surface area contributed by atoms with Gasteiger partial charge < -0.3 is 20.5 Å². The van der Waals surface area contributed by atoms with Crippen LogP contribution < -0.4 is 21.1 Å². The Kier molecular flexibility index (Phi) is 7.71. The summed E-state index contributed by atoms with van der Waals surface area (Å²) in [5.74, 6) is -0.600. The number of hydrogen-bond donors (Lipinski definition) is 3. The molecular formula is C22H25N3O5S. The van der Waals surface area contributed by atoms with Gasteiger partial charge in [0, 0.05) is 16.8 Å². The first-order valence-corrected chi connectivity index (χ1v) is 9.83. The van der Waals surface area contributed by atoms with E-state index < -0.39 is 23.5 Å². The van der Waals surface area contributed by atoms with Crippen LogP contribution in [0.15, 0.2) is 42.5 Å². The molecule has 0 aliphatic carbocycles. The van der Waals surface area contributed by atoms with Crippen molar-refractivity contribution in [3.05, 3.63) is 59.2 Å². The second-order valence-corrected chi connectivity index (χ2v) is 8.14. The van der Waals surface area contributed by atoms with E-state index in [-0.39, 0.29) is 17.2 Å². The molecule has 2 aromatic rings. The molecule has 0 saturated heterocycles. The number of nitrogens with one attached hydrogen (secondary N) is 2. The van der Waals surface area contributed by atoms with E-state index in [4.69, 9.17) is 27.4 Å². The first kappa shape index (κ1) is 23.8. The molecule has 0 saturated carbocycles. The molecule has 31 heavy (non-hydrogen) atoms. The van der Waals surface area contributed by atoms with Gasteiger partial charge >= 0.3 is 12.0 Å². The van der Waals surface area contributed by atoms with Crippen LogP contribution in [0.25, 0.3) is 0 Å². The third-order valence-corrected chi connectivity index (χ3v) is 4.12. The van der Waals surface area contributed by atoms with Gasteiger partial charge in [0.1, 0.15) is 16.3 Å². The largest absolute Gasteiger partial charge is 0.482 e. The fourth-order valence-corrected chi connectivity index (χ4v) is 2.63. The quantitative estimate of drug-likeness (QED) is 0.463. The molecule has 3 amide bonds. The number of hydrogen-bond acceptors (Lipinski definition) is 6. The van der Waals surface area contributed by atoms with E-state index in [1.165, 1.54) is 12.1 Å². The molecule has 8 nitrogen and oxygen atoms in total. The number of rotatable bonds is 6. The van der Waals surface area contributed by atoms with E-state index in [9.17, 15) is 14.4 Å². The van der Waals surface area contributed by atoms with Crippen LogP contribution in [0.5, 0.6) is 5.75 Å². The Morgan fingerprint density at radius 2 is 1.65 bits per heavy atom. The van der Waals surface area contributed by atoms with Crippen LogP contribution in [0.2, 0.25) is 0 Å². The lowest BCUT2D eigenvalue weighted by atomic mass is 10.1. The fourth-order valence-electron chi connectivity index (χ4n) is 2.49. The zero-order valence-electron chi connectivity index (χ0n) is 17.8. The number of ether oxygens (including phenoxy) is 2. The molecule has 0 heterocycles. The molecule has 0 fully saturated rings. The lowest BCUT2D eigenvalue weighted by Crippen LogP contribution is -2.34. The van der Waals surface area contributed by atoms with E-state index in [0.717, 1.165) is 0 Å². The SMILES string of the molecule is Cc1cc(OCC(=O)OC(C)(C)C)ccc1NC(=O)NC(=O)c1ccc(C(N)=S)cc1. The number of aryl methyl sites for hydroxylation is 1. The predicted octanol–water partition coefficient (Wildman–Crippen LogP) is 3.31. The highest BCUT2D eigenvalue weighted by Crippen LogP contribution is 2.21. The van der Waals surface area contributed by atoms with Crippen molar-refractivity contribution < 1.29 is 23.9 Å². The number of imide groups is 1. The van der Waals surface area contributed by atoms with Crippen molar-refractivity contribution in [1.29, 1.82) is 0 Å².